The van der Waals surface area contributed by atoms with Crippen LogP contribution in [0.3, 0.4) is 0 Å². The minimum Gasteiger partial charge on any atom is -0.484 e. The van der Waals surface area contributed by atoms with E-state index in [1.807, 2.05) is 0 Å². The largest absolute Gasteiger partial charge is 0.484 e. The molecule has 6 nitrogen and oxygen atoms in total. The number of aryl methyl sites for hydroxylation is 1. The van der Waals surface area contributed by atoms with Gasteiger partial charge in [-0.1, -0.05) is 17.7 Å². The van der Waals surface area contributed by atoms with Gasteiger partial charge in [0.05, 0.1) is 5.02 Å². The lowest BCUT2D eigenvalue weighted by Gasteiger charge is -2.53. The third-order valence-electron chi connectivity index (χ3n) is 6.83. The molecule has 3 aliphatic carbocycles. The average molecular weight is 493 g/mol. The van der Waals surface area contributed by atoms with Crippen molar-refractivity contribution in [2.45, 2.75) is 56.5 Å². The van der Waals surface area contributed by atoms with E-state index in [1.54, 1.807) is 19.1 Å². The fraction of sp³-hybridized carbons (Fsp3) is 0.440. The number of benzene rings is 2. The molecule has 0 saturated heterocycles. The van der Waals surface area contributed by atoms with E-state index in [9.17, 15) is 18.4 Å². The smallest absolute Gasteiger partial charge is 0.258 e. The molecule has 2 N–H and O–H groups in total. The van der Waals surface area contributed by atoms with E-state index >= 15 is 0 Å². The number of ether oxygens (including phenoxy) is 2. The molecule has 182 valence electrons. The van der Waals surface area contributed by atoms with E-state index in [0.29, 0.717) is 11.3 Å². The van der Waals surface area contributed by atoms with Gasteiger partial charge >= 0.3 is 0 Å². The summed E-state index contributed by atoms with van der Waals surface area (Å²) in [6, 6.07) is 8.54. The summed E-state index contributed by atoms with van der Waals surface area (Å²) in [5.41, 5.74) is -0.127. The van der Waals surface area contributed by atoms with Crippen LogP contribution in [0, 0.1) is 18.6 Å². The van der Waals surface area contributed by atoms with Crippen molar-refractivity contribution in [1.82, 2.24) is 10.6 Å². The monoisotopic (exact) mass is 492 g/mol. The van der Waals surface area contributed by atoms with Crippen LogP contribution in [0.4, 0.5) is 8.78 Å². The fourth-order valence-electron chi connectivity index (χ4n) is 4.75. The Morgan fingerprint density at radius 2 is 1.26 bits per heavy atom. The first-order valence-corrected chi connectivity index (χ1v) is 11.6. The first-order valence-electron chi connectivity index (χ1n) is 11.3. The molecular weight excluding hydrogens is 466 g/mol. The van der Waals surface area contributed by atoms with Gasteiger partial charge in [-0.05, 0) is 69.2 Å². The lowest BCUT2D eigenvalue weighted by Crippen LogP contribution is -2.64. The molecule has 2 amide bonds. The predicted molar refractivity (Wildman–Crippen MR) is 123 cm³/mol. The molecule has 9 heteroatoms. The van der Waals surface area contributed by atoms with E-state index in [2.05, 4.69) is 10.6 Å². The van der Waals surface area contributed by atoms with E-state index in [1.165, 1.54) is 18.2 Å². The SMILES string of the molecule is Cc1ccc(OCC(=O)NC23CCC(NC(=O)COc4ccc(Cl)c(F)c4)(CC2)CC3)cc1F. The van der Waals surface area contributed by atoms with Crippen molar-refractivity contribution in [3.8, 4) is 11.5 Å². The third-order valence-corrected chi connectivity index (χ3v) is 7.14. The standard InChI is InChI=1S/C25H27ClF2N2O4/c1-16-2-3-17(12-20(16)27)33-14-22(31)29-24-6-9-25(10-7-24,11-8-24)30-23(32)15-34-18-4-5-19(26)21(28)13-18/h2-5,12-13H,6-11,14-15H2,1H3,(H,29,31)(H,30,32). The van der Waals surface area contributed by atoms with Crippen molar-refractivity contribution in [1.29, 1.82) is 0 Å². The topological polar surface area (TPSA) is 76.7 Å². The summed E-state index contributed by atoms with van der Waals surface area (Å²) in [5.74, 6) is -0.948. The Hall–Kier alpha value is -2.87. The van der Waals surface area contributed by atoms with E-state index in [4.69, 9.17) is 21.1 Å². The first kappa shape index (κ1) is 24.3. The maximum atomic E-state index is 13.7. The maximum absolute atomic E-state index is 13.7. The van der Waals surface area contributed by atoms with Crippen LogP contribution in [0.25, 0.3) is 0 Å². The van der Waals surface area contributed by atoms with Crippen molar-refractivity contribution < 1.29 is 27.8 Å². The van der Waals surface area contributed by atoms with Crippen molar-refractivity contribution in [3.63, 3.8) is 0 Å². The molecule has 0 spiro atoms. The Balaban J connectivity index is 1.23. The highest BCUT2D eigenvalue weighted by molar-refractivity contribution is 6.30. The zero-order valence-corrected chi connectivity index (χ0v) is 19.6. The van der Waals surface area contributed by atoms with Crippen LogP contribution in [0.2, 0.25) is 5.02 Å². The van der Waals surface area contributed by atoms with Gasteiger partial charge in [-0.3, -0.25) is 9.59 Å². The normalized spacial score (nSPS) is 23.3. The third kappa shape index (κ3) is 5.60. The van der Waals surface area contributed by atoms with Crippen molar-refractivity contribution in [2.75, 3.05) is 13.2 Å². The molecule has 3 fully saturated rings. The molecule has 5 rings (SSSR count). The summed E-state index contributed by atoms with van der Waals surface area (Å²) in [5, 5.41) is 6.18. The van der Waals surface area contributed by atoms with Crippen LogP contribution in [-0.4, -0.2) is 36.1 Å². The molecule has 2 aromatic rings. The summed E-state index contributed by atoms with van der Waals surface area (Å²) >= 11 is 5.66. The van der Waals surface area contributed by atoms with Crippen LogP contribution in [0.5, 0.6) is 11.5 Å². The second-order valence-electron chi connectivity index (χ2n) is 9.22. The number of fused-ring (bicyclic) bond motifs is 3. The molecule has 3 saturated carbocycles. The van der Waals surface area contributed by atoms with Crippen LogP contribution in [0.15, 0.2) is 36.4 Å². The Morgan fingerprint density at radius 1 is 0.824 bits per heavy atom. The van der Waals surface area contributed by atoms with Gasteiger partial charge in [-0.2, -0.15) is 0 Å². The summed E-state index contributed by atoms with van der Waals surface area (Å²) < 4.78 is 38.0. The number of hydrogen-bond acceptors (Lipinski definition) is 4. The Bertz CT molecular complexity index is 985. The Kier molecular flexibility index (Phi) is 6.98. The van der Waals surface area contributed by atoms with E-state index in [-0.39, 0.29) is 52.7 Å². The zero-order chi connectivity index (χ0) is 24.3. The molecule has 0 aromatic heterocycles. The van der Waals surface area contributed by atoms with Crippen molar-refractivity contribution in [2.24, 2.45) is 0 Å². The molecule has 34 heavy (non-hydrogen) atoms. The summed E-state index contributed by atoms with van der Waals surface area (Å²) in [7, 11) is 0. The highest BCUT2D eigenvalue weighted by atomic mass is 35.5. The quantitative estimate of drug-likeness (QED) is 0.570. The van der Waals surface area contributed by atoms with Crippen molar-refractivity contribution >= 4 is 23.4 Å². The number of carbonyl (C=O) groups is 2. The predicted octanol–water partition coefficient (Wildman–Crippen LogP) is 4.46. The van der Waals surface area contributed by atoms with E-state index in [0.717, 1.165) is 44.6 Å². The Morgan fingerprint density at radius 3 is 1.71 bits per heavy atom. The second-order valence-corrected chi connectivity index (χ2v) is 9.63. The highest BCUT2D eigenvalue weighted by Gasteiger charge is 2.49. The molecule has 0 atom stereocenters. The number of hydrogen-bond donors (Lipinski definition) is 2. The maximum Gasteiger partial charge on any atom is 0.258 e. The summed E-state index contributed by atoms with van der Waals surface area (Å²) in [6.45, 7) is 1.25. The van der Waals surface area contributed by atoms with Crippen LogP contribution < -0.4 is 20.1 Å². The molecule has 2 aromatic carbocycles. The minimum atomic E-state index is -0.604. The van der Waals surface area contributed by atoms with Gasteiger partial charge in [-0.15, -0.1) is 0 Å². The Labute approximate surface area is 202 Å². The lowest BCUT2D eigenvalue weighted by atomic mass is 9.61. The van der Waals surface area contributed by atoms with Gasteiger partial charge in [0.2, 0.25) is 0 Å². The molecule has 0 radical (unpaired) electrons. The molecular formula is C25H27ClF2N2O4. The second kappa shape index (κ2) is 9.78. The first-order chi connectivity index (χ1) is 16.2. The molecule has 0 aliphatic heterocycles. The zero-order valence-electron chi connectivity index (χ0n) is 18.9. The lowest BCUT2D eigenvalue weighted by molar-refractivity contribution is -0.130. The summed E-state index contributed by atoms with van der Waals surface area (Å²) in [4.78, 5) is 25.0. The van der Waals surface area contributed by atoms with Gasteiger partial charge in [0, 0.05) is 23.2 Å². The van der Waals surface area contributed by atoms with Gasteiger partial charge in [0.15, 0.2) is 13.2 Å². The highest BCUT2D eigenvalue weighted by Crippen LogP contribution is 2.46. The average Bonchev–Trinajstić information content (AvgIpc) is 2.82. The fourth-order valence-corrected chi connectivity index (χ4v) is 4.87. The van der Waals surface area contributed by atoms with Gasteiger partial charge in [0.1, 0.15) is 23.1 Å². The van der Waals surface area contributed by atoms with Gasteiger partial charge in [0.25, 0.3) is 11.8 Å². The van der Waals surface area contributed by atoms with Crippen LogP contribution in [-0.2, 0) is 9.59 Å². The van der Waals surface area contributed by atoms with Crippen molar-refractivity contribution in [3.05, 3.63) is 58.6 Å². The molecule has 3 aliphatic rings. The molecule has 0 unspecified atom stereocenters. The minimum absolute atomic E-state index is 0.00807. The van der Waals surface area contributed by atoms with Gasteiger partial charge in [-0.25, -0.2) is 8.78 Å². The molecule has 0 heterocycles. The van der Waals surface area contributed by atoms with Crippen LogP contribution in [0.1, 0.15) is 44.1 Å². The number of rotatable bonds is 8. The van der Waals surface area contributed by atoms with Crippen LogP contribution >= 0.6 is 11.6 Å². The molecule has 2 bridgehead atoms. The summed E-state index contributed by atoms with van der Waals surface area (Å²) in [6.07, 6.45) is 4.42. The number of carbonyl (C=O) groups excluding carboxylic acids is 2. The number of nitrogens with one attached hydrogen (secondary N) is 2. The van der Waals surface area contributed by atoms with Gasteiger partial charge < -0.3 is 20.1 Å². The van der Waals surface area contributed by atoms with E-state index < -0.39 is 5.82 Å². The number of halogens is 3. The number of amides is 2.